The maximum atomic E-state index is 14.5. The van der Waals surface area contributed by atoms with Crippen molar-refractivity contribution in [1.29, 1.82) is 0 Å². The first-order valence-corrected chi connectivity index (χ1v) is 11.0. The van der Waals surface area contributed by atoms with E-state index in [9.17, 15) is 22.4 Å². The second-order valence-corrected chi connectivity index (χ2v) is 8.94. The summed E-state index contributed by atoms with van der Waals surface area (Å²) in [6.07, 6.45) is -3.38. The number of carbonyl (C=O) groups is 1. The number of Topliss-reactive ketones (excluding diaryl/α,β-unsaturated/α-hetero) is 1. The van der Waals surface area contributed by atoms with Gasteiger partial charge >= 0.3 is 6.18 Å². The molecule has 0 aromatic carbocycles. The smallest absolute Gasteiger partial charge is 0.383 e. The maximum Gasteiger partial charge on any atom is 0.451 e. The Morgan fingerprint density at radius 2 is 2.13 bits per heavy atom. The van der Waals surface area contributed by atoms with Gasteiger partial charge in [-0.3, -0.25) is 4.79 Å². The van der Waals surface area contributed by atoms with Crippen molar-refractivity contribution in [2.75, 3.05) is 32.6 Å². The van der Waals surface area contributed by atoms with Crippen LogP contribution in [0.5, 0.6) is 0 Å². The summed E-state index contributed by atoms with van der Waals surface area (Å²) in [5.74, 6) is -1.77. The van der Waals surface area contributed by atoms with Crippen LogP contribution in [0.25, 0.3) is 11.0 Å². The molecule has 0 radical (unpaired) electrons. The summed E-state index contributed by atoms with van der Waals surface area (Å²) in [6.45, 7) is 0.856. The summed E-state index contributed by atoms with van der Waals surface area (Å²) in [4.78, 5) is 20.6. The molecule has 166 valence electrons. The third-order valence-corrected chi connectivity index (χ3v) is 6.99. The summed E-state index contributed by atoms with van der Waals surface area (Å²) < 4.78 is 60.7. The maximum absolute atomic E-state index is 14.5. The number of rotatable bonds is 8. The van der Waals surface area contributed by atoms with Crippen molar-refractivity contribution in [2.24, 2.45) is 0 Å². The van der Waals surface area contributed by atoms with Gasteiger partial charge in [0, 0.05) is 25.1 Å². The number of hydrogen-bond donors (Lipinski definition) is 1. The van der Waals surface area contributed by atoms with E-state index in [4.69, 9.17) is 4.74 Å². The Kier molecular flexibility index (Phi) is 6.03. The van der Waals surface area contributed by atoms with Crippen molar-refractivity contribution >= 4 is 39.9 Å². The molecule has 0 spiro atoms. The average molecular weight is 475 g/mol. The van der Waals surface area contributed by atoms with Gasteiger partial charge in [-0.1, -0.05) is 11.8 Å². The highest BCUT2D eigenvalue weighted by molar-refractivity contribution is 8.00. The Labute approximate surface area is 182 Å². The summed E-state index contributed by atoms with van der Waals surface area (Å²) >= 11 is 1.93. The molecule has 3 aromatic rings. The van der Waals surface area contributed by atoms with Gasteiger partial charge in [0.15, 0.2) is 17.1 Å². The van der Waals surface area contributed by atoms with Crippen LogP contribution in [0.15, 0.2) is 23.4 Å². The zero-order valence-corrected chi connectivity index (χ0v) is 17.8. The lowest BCUT2D eigenvalue weighted by Crippen LogP contribution is -2.53. The summed E-state index contributed by atoms with van der Waals surface area (Å²) in [5, 5.41) is 7.25. The summed E-state index contributed by atoms with van der Waals surface area (Å²) in [7, 11) is 1.47. The lowest BCUT2D eigenvalue weighted by atomic mass is 9.98. The van der Waals surface area contributed by atoms with Crippen LogP contribution in [0.4, 0.5) is 17.6 Å². The first-order chi connectivity index (χ1) is 14.7. The second kappa shape index (κ2) is 8.45. The zero-order chi connectivity index (χ0) is 22.2. The van der Waals surface area contributed by atoms with Crippen molar-refractivity contribution in [3.8, 4) is 0 Å². The number of nitrogens with zero attached hydrogens (tertiary/aromatic N) is 4. The molecule has 0 bridgehead atoms. The van der Waals surface area contributed by atoms with Gasteiger partial charge in [0.25, 0.3) is 0 Å². The van der Waals surface area contributed by atoms with E-state index in [0.717, 1.165) is 23.1 Å². The molecule has 1 saturated heterocycles. The molecule has 4 rings (SSSR count). The van der Waals surface area contributed by atoms with E-state index in [-0.39, 0.29) is 48.5 Å². The monoisotopic (exact) mass is 475 g/mol. The van der Waals surface area contributed by atoms with Crippen LogP contribution in [0.1, 0.15) is 20.4 Å². The molecule has 1 N–H and O–H groups in total. The first-order valence-electron chi connectivity index (χ1n) is 9.17. The molecule has 0 unspecified atom stereocenters. The quantitative estimate of drug-likeness (QED) is 0.232. The standard InChI is InChI=1S/C18H17F4N5O2S2/c1-29-5-4-27-14-10(6-24-27)15(26-16(25-14)18(20,21)22)30-7-11(28)12-2-3-13(31-12)17(19)8-23-9-17/h2-3,6,23H,4-5,7-9H2,1H3. The highest BCUT2D eigenvalue weighted by Gasteiger charge is 2.40. The molecule has 31 heavy (non-hydrogen) atoms. The Morgan fingerprint density at radius 1 is 1.35 bits per heavy atom. The summed E-state index contributed by atoms with van der Waals surface area (Å²) in [5.41, 5.74) is -1.45. The van der Waals surface area contributed by atoms with Gasteiger partial charge in [0.2, 0.25) is 5.82 Å². The fourth-order valence-electron chi connectivity index (χ4n) is 2.96. The first kappa shape index (κ1) is 22.1. The second-order valence-electron chi connectivity index (χ2n) is 6.89. The minimum absolute atomic E-state index is 0.0104. The minimum Gasteiger partial charge on any atom is -0.383 e. The van der Waals surface area contributed by atoms with Crippen LogP contribution in [0.3, 0.4) is 0 Å². The number of halogens is 4. The number of fused-ring (bicyclic) bond motifs is 1. The van der Waals surface area contributed by atoms with E-state index in [1.165, 1.54) is 18.0 Å². The van der Waals surface area contributed by atoms with E-state index in [1.807, 2.05) is 0 Å². The molecule has 4 heterocycles. The number of aromatic nitrogens is 4. The van der Waals surface area contributed by atoms with Gasteiger partial charge in [-0.2, -0.15) is 18.3 Å². The summed E-state index contributed by atoms with van der Waals surface area (Å²) in [6, 6.07) is 3.12. The fourth-order valence-corrected chi connectivity index (χ4v) is 4.95. The lowest BCUT2D eigenvalue weighted by molar-refractivity contribution is -0.145. The van der Waals surface area contributed by atoms with Gasteiger partial charge in [-0.25, -0.2) is 19.0 Å². The number of ether oxygens (including phenoxy) is 1. The van der Waals surface area contributed by atoms with E-state index in [2.05, 4.69) is 20.4 Å². The number of alkyl halides is 4. The Hall–Kier alpha value is -2.09. The number of thioether (sulfide) groups is 1. The predicted molar refractivity (Wildman–Crippen MR) is 107 cm³/mol. The van der Waals surface area contributed by atoms with Crippen molar-refractivity contribution in [2.45, 2.75) is 23.4 Å². The molecule has 0 amide bonds. The molecule has 0 saturated carbocycles. The Bertz CT molecular complexity index is 1110. The molecule has 7 nitrogen and oxygen atoms in total. The van der Waals surface area contributed by atoms with Crippen molar-refractivity contribution < 1.29 is 27.1 Å². The SMILES string of the molecule is COCCn1ncc2c(SCC(=O)c3ccc(C4(F)CNC4)s3)nc(C(F)(F)F)nc21. The lowest BCUT2D eigenvalue weighted by Gasteiger charge is -2.33. The van der Waals surface area contributed by atoms with E-state index < -0.39 is 17.7 Å². The molecule has 1 aliphatic rings. The van der Waals surface area contributed by atoms with Crippen LogP contribution in [-0.4, -0.2) is 58.1 Å². The Morgan fingerprint density at radius 3 is 2.77 bits per heavy atom. The molecule has 13 heteroatoms. The highest BCUT2D eigenvalue weighted by Crippen LogP contribution is 2.36. The Balaban J connectivity index is 1.57. The van der Waals surface area contributed by atoms with Gasteiger partial charge in [0.1, 0.15) is 5.03 Å². The van der Waals surface area contributed by atoms with E-state index in [0.29, 0.717) is 15.1 Å². The van der Waals surface area contributed by atoms with Gasteiger partial charge in [-0.05, 0) is 12.1 Å². The van der Waals surface area contributed by atoms with Crippen LogP contribution < -0.4 is 5.32 Å². The largest absolute Gasteiger partial charge is 0.451 e. The van der Waals surface area contributed by atoms with Crippen LogP contribution in [-0.2, 0) is 23.1 Å². The number of hydrogen-bond acceptors (Lipinski definition) is 8. The number of nitrogens with one attached hydrogen (secondary N) is 1. The van der Waals surface area contributed by atoms with Crippen molar-refractivity contribution in [3.63, 3.8) is 0 Å². The predicted octanol–water partition coefficient (Wildman–Crippen LogP) is 3.30. The third kappa shape index (κ3) is 4.45. The van der Waals surface area contributed by atoms with Crippen molar-refractivity contribution in [1.82, 2.24) is 25.1 Å². The number of thiophene rings is 1. The highest BCUT2D eigenvalue weighted by atomic mass is 32.2. The van der Waals surface area contributed by atoms with E-state index >= 15 is 0 Å². The molecule has 0 atom stereocenters. The molecular formula is C18H17F4N5O2S2. The number of methoxy groups -OCH3 is 1. The molecule has 3 aromatic heterocycles. The van der Waals surface area contributed by atoms with Gasteiger partial charge < -0.3 is 10.1 Å². The molecule has 1 fully saturated rings. The zero-order valence-electron chi connectivity index (χ0n) is 16.2. The van der Waals surface area contributed by atoms with Crippen LogP contribution in [0, 0.1) is 0 Å². The normalized spacial score (nSPS) is 15.9. The van der Waals surface area contributed by atoms with E-state index in [1.54, 1.807) is 12.1 Å². The van der Waals surface area contributed by atoms with Crippen molar-refractivity contribution in [3.05, 3.63) is 33.9 Å². The molecular weight excluding hydrogens is 458 g/mol. The topological polar surface area (TPSA) is 81.9 Å². The van der Waals surface area contributed by atoms with Crippen LogP contribution >= 0.6 is 23.1 Å². The molecule has 1 aliphatic heterocycles. The van der Waals surface area contributed by atoms with Gasteiger partial charge in [0.05, 0.1) is 35.4 Å². The van der Waals surface area contributed by atoms with Gasteiger partial charge in [-0.15, -0.1) is 11.3 Å². The minimum atomic E-state index is -4.75. The fraction of sp³-hybridized carbons (Fsp3) is 0.444. The average Bonchev–Trinajstić information content (AvgIpc) is 3.35. The van der Waals surface area contributed by atoms with Crippen LogP contribution in [0.2, 0.25) is 0 Å². The third-order valence-electron chi connectivity index (χ3n) is 4.69. The number of ketones is 1. The molecule has 0 aliphatic carbocycles. The number of carbonyl (C=O) groups excluding carboxylic acids is 1.